The van der Waals surface area contributed by atoms with Crippen molar-refractivity contribution in [2.24, 2.45) is 0 Å². The molecule has 0 aromatic heterocycles. The Morgan fingerprint density at radius 3 is 2.45 bits per heavy atom. The molecule has 0 aromatic carbocycles. The van der Waals surface area contributed by atoms with Gasteiger partial charge in [-0.05, 0) is 26.0 Å². The van der Waals surface area contributed by atoms with Crippen LogP contribution < -0.4 is 10.8 Å². The molecule has 0 rings (SSSR count). The van der Waals surface area contributed by atoms with Gasteiger partial charge in [-0.1, -0.05) is 6.92 Å². The van der Waals surface area contributed by atoms with E-state index in [1.165, 1.54) is 5.57 Å². The van der Waals surface area contributed by atoms with E-state index in [1.807, 2.05) is 6.92 Å². The number of allylic oxidation sites excluding steroid dienone is 1. The fourth-order valence-electron chi connectivity index (χ4n) is 0.677. The first-order valence-electron chi connectivity index (χ1n) is 3.93. The number of rotatable bonds is 5. The lowest BCUT2D eigenvalue weighted by molar-refractivity contribution is 0.125. The van der Waals surface area contributed by atoms with Crippen molar-refractivity contribution in [1.29, 1.82) is 0 Å². The second kappa shape index (κ2) is 6.19. The lowest BCUT2D eigenvalue weighted by Gasteiger charge is -2.07. The van der Waals surface area contributed by atoms with E-state index in [0.29, 0.717) is 0 Å². The summed E-state index contributed by atoms with van der Waals surface area (Å²) < 4.78 is 0. The van der Waals surface area contributed by atoms with Crippen molar-refractivity contribution in [2.75, 3.05) is 20.1 Å². The van der Waals surface area contributed by atoms with E-state index >= 15 is 0 Å². The third kappa shape index (κ3) is 4.81. The van der Waals surface area contributed by atoms with Gasteiger partial charge in [-0.25, -0.2) is 0 Å². The molecular formula is C8H18N2O. The molecule has 0 aromatic rings. The van der Waals surface area contributed by atoms with E-state index in [-0.39, 0.29) is 0 Å². The number of hydrogen-bond acceptors (Lipinski definition) is 3. The molecule has 0 fully saturated rings. The molecular weight excluding hydrogens is 140 g/mol. The SMILES string of the molecule is CCNC/C(C)=C(\C)ONC. The maximum absolute atomic E-state index is 5.09. The minimum absolute atomic E-state index is 0.893. The van der Waals surface area contributed by atoms with Crippen LogP contribution in [0.15, 0.2) is 11.3 Å². The first-order valence-corrected chi connectivity index (χ1v) is 3.93. The van der Waals surface area contributed by atoms with Crippen molar-refractivity contribution < 1.29 is 4.84 Å². The molecule has 0 spiro atoms. The molecule has 0 heterocycles. The standard InChI is InChI=1S/C8H18N2O/c1-5-10-6-7(2)8(3)11-9-4/h9-10H,5-6H2,1-4H3/b8-7+. The Morgan fingerprint density at radius 2 is 2.00 bits per heavy atom. The summed E-state index contributed by atoms with van der Waals surface area (Å²) in [6.45, 7) is 7.97. The van der Waals surface area contributed by atoms with Crippen LogP contribution in [0.1, 0.15) is 20.8 Å². The summed E-state index contributed by atoms with van der Waals surface area (Å²) >= 11 is 0. The van der Waals surface area contributed by atoms with Crippen molar-refractivity contribution in [3.8, 4) is 0 Å². The molecule has 11 heavy (non-hydrogen) atoms. The summed E-state index contributed by atoms with van der Waals surface area (Å²) in [7, 11) is 1.75. The average Bonchev–Trinajstić information content (AvgIpc) is 2.00. The van der Waals surface area contributed by atoms with Gasteiger partial charge in [0.15, 0.2) is 0 Å². The Kier molecular flexibility index (Phi) is 5.88. The Bertz CT molecular complexity index is 132. The lowest BCUT2D eigenvalue weighted by Crippen LogP contribution is -2.17. The number of hydrogen-bond donors (Lipinski definition) is 2. The molecule has 0 aliphatic rings. The van der Waals surface area contributed by atoms with Gasteiger partial charge < -0.3 is 10.2 Å². The van der Waals surface area contributed by atoms with Crippen LogP contribution in [0.5, 0.6) is 0 Å². The predicted molar refractivity (Wildman–Crippen MR) is 47.1 cm³/mol. The molecule has 3 heteroatoms. The normalized spacial score (nSPS) is 12.7. The quantitative estimate of drug-likeness (QED) is 0.463. The molecule has 3 nitrogen and oxygen atoms in total. The summed E-state index contributed by atoms with van der Waals surface area (Å²) in [5, 5.41) is 3.22. The van der Waals surface area contributed by atoms with E-state index in [2.05, 4.69) is 24.6 Å². The van der Waals surface area contributed by atoms with Crippen LogP contribution in [0.3, 0.4) is 0 Å². The molecule has 0 aliphatic heterocycles. The third-order valence-corrected chi connectivity index (χ3v) is 1.50. The molecule has 0 bridgehead atoms. The van der Waals surface area contributed by atoms with Gasteiger partial charge in [-0.3, -0.25) is 0 Å². The van der Waals surface area contributed by atoms with Crippen LogP contribution in [0.25, 0.3) is 0 Å². The smallest absolute Gasteiger partial charge is 0.121 e. The molecule has 0 atom stereocenters. The lowest BCUT2D eigenvalue weighted by atomic mass is 10.2. The van der Waals surface area contributed by atoms with Gasteiger partial charge in [0.25, 0.3) is 0 Å². The maximum Gasteiger partial charge on any atom is 0.121 e. The molecule has 0 radical (unpaired) electrons. The highest BCUT2D eigenvalue weighted by molar-refractivity contribution is 5.04. The monoisotopic (exact) mass is 158 g/mol. The molecule has 0 amide bonds. The van der Waals surface area contributed by atoms with Gasteiger partial charge in [0.2, 0.25) is 0 Å². The van der Waals surface area contributed by atoms with Gasteiger partial charge in [0.05, 0.1) is 0 Å². The van der Waals surface area contributed by atoms with Crippen LogP contribution >= 0.6 is 0 Å². The fourth-order valence-corrected chi connectivity index (χ4v) is 0.677. The van der Waals surface area contributed by atoms with Gasteiger partial charge in [0.1, 0.15) is 5.76 Å². The van der Waals surface area contributed by atoms with E-state index < -0.39 is 0 Å². The van der Waals surface area contributed by atoms with Crippen molar-refractivity contribution in [3.05, 3.63) is 11.3 Å². The third-order valence-electron chi connectivity index (χ3n) is 1.50. The highest BCUT2D eigenvalue weighted by atomic mass is 16.6. The van der Waals surface area contributed by atoms with Crippen molar-refractivity contribution in [3.63, 3.8) is 0 Å². The Morgan fingerprint density at radius 1 is 1.36 bits per heavy atom. The zero-order valence-corrected chi connectivity index (χ0v) is 7.82. The van der Waals surface area contributed by atoms with Crippen LogP contribution in [0.4, 0.5) is 0 Å². The highest BCUT2D eigenvalue weighted by Crippen LogP contribution is 2.00. The highest BCUT2D eigenvalue weighted by Gasteiger charge is 1.95. The summed E-state index contributed by atoms with van der Waals surface area (Å²) in [4.78, 5) is 5.09. The van der Waals surface area contributed by atoms with E-state index in [1.54, 1.807) is 7.05 Å². The Hall–Kier alpha value is -0.540. The van der Waals surface area contributed by atoms with Crippen LogP contribution in [0.2, 0.25) is 0 Å². The summed E-state index contributed by atoms with van der Waals surface area (Å²) in [5.74, 6) is 0.938. The Balaban J connectivity index is 3.73. The summed E-state index contributed by atoms with van der Waals surface area (Å²) in [6, 6.07) is 0. The van der Waals surface area contributed by atoms with Crippen molar-refractivity contribution >= 4 is 0 Å². The van der Waals surface area contributed by atoms with Gasteiger partial charge in [0, 0.05) is 13.6 Å². The second-order valence-corrected chi connectivity index (χ2v) is 2.42. The molecule has 0 unspecified atom stereocenters. The molecule has 0 aliphatic carbocycles. The van der Waals surface area contributed by atoms with E-state index in [4.69, 9.17) is 4.84 Å². The minimum Gasteiger partial charge on any atom is -0.414 e. The number of likely N-dealkylation sites (N-methyl/N-ethyl adjacent to an activating group) is 1. The van der Waals surface area contributed by atoms with Crippen molar-refractivity contribution in [2.45, 2.75) is 20.8 Å². The minimum atomic E-state index is 0.893. The largest absolute Gasteiger partial charge is 0.414 e. The first-order chi connectivity index (χ1) is 5.22. The van der Waals surface area contributed by atoms with Gasteiger partial charge >= 0.3 is 0 Å². The van der Waals surface area contributed by atoms with E-state index in [0.717, 1.165) is 18.8 Å². The second-order valence-electron chi connectivity index (χ2n) is 2.42. The number of nitrogens with one attached hydrogen (secondary N) is 2. The molecule has 0 saturated carbocycles. The predicted octanol–water partition coefficient (Wildman–Crippen LogP) is 1.04. The number of hydroxylamine groups is 1. The summed E-state index contributed by atoms with van der Waals surface area (Å²) in [6.07, 6.45) is 0. The molecule has 0 saturated heterocycles. The first kappa shape index (κ1) is 10.5. The zero-order valence-electron chi connectivity index (χ0n) is 7.82. The van der Waals surface area contributed by atoms with Crippen LogP contribution in [-0.4, -0.2) is 20.1 Å². The van der Waals surface area contributed by atoms with Gasteiger partial charge in [-0.2, -0.15) is 5.48 Å². The Labute approximate surface area is 68.8 Å². The molecule has 66 valence electrons. The van der Waals surface area contributed by atoms with Crippen molar-refractivity contribution in [1.82, 2.24) is 10.8 Å². The van der Waals surface area contributed by atoms with Gasteiger partial charge in [-0.15, -0.1) is 0 Å². The maximum atomic E-state index is 5.09. The van der Waals surface area contributed by atoms with E-state index in [9.17, 15) is 0 Å². The summed E-state index contributed by atoms with van der Waals surface area (Å²) in [5.41, 5.74) is 3.86. The zero-order chi connectivity index (χ0) is 8.69. The molecule has 2 N–H and O–H groups in total. The fraction of sp³-hybridized carbons (Fsp3) is 0.750. The van der Waals surface area contributed by atoms with Crippen LogP contribution in [0, 0.1) is 0 Å². The topological polar surface area (TPSA) is 33.3 Å². The van der Waals surface area contributed by atoms with Crippen LogP contribution in [-0.2, 0) is 4.84 Å². The average molecular weight is 158 g/mol.